The lowest BCUT2D eigenvalue weighted by atomic mass is 10.2. The molecule has 0 heterocycles. The van der Waals surface area contributed by atoms with Gasteiger partial charge in [-0.15, -0.1) is 0 Å². The molecule has 6 nitrogen and oxygen atoms in total. The summed E-state index contributed by atoms with van der Waals surface area (Å²) < 4.78 is 0. The summed E-state index contributed by atoms with van der Waals surface area (Å²) in [7, 11) is 0. The lowest BCUT2D eigenvalue weighted by Crippen LogP contribution is -2.16. The summed E-state index contributed by atoms with van der Waals surface area (Å²) in [4.78, 5) is 21.5. The lowest BCUT2D eigenvalue weighted by Gasteiger charge is -1.99. The van der Waals surface area contributed by atoms with Crippen molar-refractivity contribution in [1.82, 2.24) is 5.43 Å². The van der Waals surface area contributed by atoms with Crippen LogP contribution in [-0.4, -0.2) is 17.0 Å². The number of rotatable bonds is 6. The van der Waals surface area contributed by atoms with Gasteiger partial charge in [-0.05, 0) is 18.6 Å². The highest BCUT2D eigenvalue weighted by atomic mass is 35.5. The summed E-state index contributed by atoms with van der Waals surface area (Å²) >= 11 is 5.76. The van der Waals surface area contributed by atoms with E-state index in [-0.39, 0.29) is 17.2 Å². The molecule has 0 radical (unpaired) electrons. The fourth-order valence-corrected chi connectivity index (χ4v) is 1.54. The van der Waals surface area contributed by atoms with Crippen LogP contribution in [0.4, 0.5) is 5.69 Å². The van der Waals surface area contributed by atoms with Gasteiger partial charge in [0.1, 0.15) is 0 Å². The van der Waals surface area contributed by atoms with Gasteiger partial charge >= 0.3 is 0 Å². The molecule has 0 saturated heterocycles. The molecule has 19 heavy (non-hydrogen) atoms. The Kier molecular flexibility index (Phi) is 5.95. The number of hydrogen-bond acceptors (Lipinski definition) is 4. The third-order valence-corrected chi connectivity index (χ3v) is 2.57. The van der Waals surface area contributed by atoms with Crippen LogP contribution >= 0.6 is 11.6 Å². The number of carbonyl (C=O) groups excluding carboxylic acids is 1. The van der Waals surface area contributed by atoms with Crippen molar-refractivity contribution >= 4 is 29.4 Å². The van der Waals surface area contributed by atoms with E-state index in [0.29, 0.717) is 11.4 Å². The Bertz CT molecular complexity index is 503. The molecule has 0 spiro atoms. The van der Waals surface area contributed by atoms with Crippen LogP contribution in [0.15, 0.2) is 23.3 Å². The van der Waals surface area contributed by atoms with Crippen molar-refractivity contribution in [2.45, 2.75) is 26.2 Å². The number of halogens is 1. The molecule has 1 aromatic carbocycles. The fourth-order valence-electron chi connectivity index (χ4n) is 1.36. The van der Waals surface area contributed by atoms with E-state index in [2.05, 4.69) is 10.5 Å². The SMILES string of the molecule is CCCCC(=O)N/N=C\c1cc(Cl)ccc1[N+](=O)[O-]. The van der Waals surface area contributed by atoms with Crippen molar-refractivity contribution < 1.29 is 9.72 Å². The molecule has 0 saturated carbocycles. The Hall–Kier alpha value is -1.95. The van der Waals surface area contributed by atoms with Gasteiger partial charge in [-0.1, -0.05) is 24.9 Å². The predicted molar refractivity (Wildman–Crippen MR) is 73.4 cm³/mol. The smallest absolute Gasteiger partial charge is 0.273 e. The molecular weight excluding hydrogens is 270 g/mol. The van der Waals surface area contributed by atoms with Crippen molar-refractivity contribution in [3.8, 4) is 0 Å². The molecule has 1 amide bonds. The molecule has 0 aliphatic heterocycles. The van der Waals surface area contributed by atoms with Crippen LogP contribution in [0.25, 0.3) is 0 Å². The van der Waals surface area contributed by atoms with Crippen LogP contribution in [0.1, 0.15) is 31.7 Å². The van der Waals surface area contributed by atoms with Gasteiger partial charge in [-0.2, -0.15) is 5.10 Å². The van der Waals surface area contributed by atoms with Crippen LogP contribution in [0.3, 0.4) is 0 Å². The summed E-state index contributed by atoms with van der Waals surface area (Å²) in [5.41, 5.74) is 2.45. The van der Waals surface area contributed by atoms with Crippen molar-refractivity contribution in [3.63, 3.8) is 0 Å². The van der Waals surface area contributed by atoms with Crippen LogP contribution in [0.5, 0.6) is 0 Å². The molecule has 102 valence electrons. The zero-order valence-corrected chi connectivity index (χ0v) is 11.2. The molecule has 0 aliphatic rings. The van der Waals surface area contributed by atoms with E-state index in [1.54, 1.807) is 0 Å². The first-order chi connectivity index (χ1) is 9.04. The first kappa shape index (κ1) is 15.1. The van der Waals surface area contributed by atoms with Crippen LogP contribution in [-0.2, 0) is 4.79 Å². The minimum Gasteiger partial charge on any atom is -0.273 e. The van der Waals surface area contributed by atoms with Gasteiger partial charge in [0.25, 0.3) is 5.69 Å². The number of nitrogens with one attached hydrogen (secondary N) is 1. The number of nitrogens with zero attached hydrogens (tertiary/aromatic N) is 2. The van der Waals surface area contributed by atoms with Gasteiger partial charge in [-0.3, -0.25) is 14.9 Å². The number of carbonyl (C=O) groups is 1. The minimum absolute atomic E-state index is 0.115. The number of hydrazone groups is 1. The van der Waals surface area contributed by atoms with Gasteiger partial charge in [-0.25, -0.2) is 5.43 Å². The topological polar surface area (TPSA) is 84.6 Å². The highest BCUT2D eigenvalue weighted by Gasteiger charge is 2.12. The van der Waals surface area contributed by atoms with Crippen molar-refractivity contribution in [2.75, 3.05) is 0 Å². The second kappa shape index (κ2) is 7.48. The third kappa shape index (κ3) is 5.05. The van der Waals surface area contributed by atoms with Gasteiger partial charge in [0.15, 0.2) is 0 Å². The first-order valence-electron chi connectivity index (χ1n) is 5.80. The number of nitro benzene ring substituents is 1. The Labute approximate surface area is 115 Å². The van der Waals surface area contributed by atoms with Gasteiger partial charge in [0.2, 0.25) is 5.91 Å². The van der Waals surface area contributed by atoms with Crippen LogP contribution in [0, 0.1) is 10.1 Å². The van der Waals surface area contributed by atoms with E-state index in [4.69, 9.17) is 11.6 Å². The molecule has 1 rings (SSSR count). The molecular formula is C12H14ClN3O3. The lowest BCUT2D eigenvalue weighted by molar-refractivity contribution is -0.385. The molecule has 0 aliphatic carbocycles. The van der Waals surface area contributed by atoms with E-state index >= 15 is 0 Å². The van der Waals surface area contributed by atoms with Gasteiger partial charge in [0, 0.05) is 17.5 Å². The zero-order chi connectivity index (χ0) is 14.3. The second-order valence-corrected chi connectivity index (χ2v) is 4.29. The van der Waals surface area contributed by atoms with E-state index < -0.39 is 4.92 Å². The maximum Gasteiger partial charge on any atom is 0.278 e. The second-order valence-electron chi connectivity index (χ2n) is 3.86. The fraction of sp³-hybridized carbons (Fsp3) is 0.333. The summed E-state index contributed by atoms with van der Waals surface area (Å²) in [5, 5.41) is 14.8. The molecule has 1 N–H and O–H groups in total. The summed E-state index contributed by atoms with van der Waals surface area (Å²) in [6.45, 7) is 1.98. The molecule has 7 heteroatoms. The van der Waals surface area contributed by atoms with Crippen molar-refractivity contribution in [3.05, 3.63) is 38.9 Å². The van der Waals surface area contributed by atoms with E-state index in [1.807, 2.05) is 6.92 Å². The maximum absolute atomic E-state index is 11.3. The Morgan fingerprint density at radius 2 is 2.32 bits per heavy atom. The zero-order valence-electron chi connectivity index (χ0n) is 10.4. The average Bonchev–Trinajstić information content (AvgIpc) is 2.36. The number of hydrogen-bond donors (Lipinski definition) is 1. The van der Waals surface area contributed by atoms with Crippen molar-refractivity contribution in [2.24, 2.45) is 5.10 Å². The summed E-state index contributed by atoms with van der Waals surface area (Å²) in [5.74, 6) is -0.220. The van der Waals surface area contributed by atoms with Crippen molar-refractivity contribution in [1.29, 1.82) is 0 Å². The average molecular weight is 284 g/mol. The molecule has 1 aromatic rings. The number of amides is 1. The first-order valence-corrected chi connectivity index (χ1v) is 6.18. The van der Waals surface area contributed by atoms with Gasteiger partial charge in [0.05, 0.1) is 16.7 Å². The highest BCUT2D eigenvalue weighted by Crippen LogP contribution is 2.20. The largest absolute Gasteiger partial charge is 0.278 e. The van der Waals surface area contributed by atoms with Gasteiger partial charge < -0.3 is 0 Å². The summed E-state index contributed by atoms with van der Waals surface area (Å²) in [6, 6.07) is 4.14. The number of unbranched alkanes of at least 4 members (excludes halogenated alkanes) is 1. The van der Waals surface area contributed by atoms with E-state index in [9.17, 15) is 14.9 Å². The number of benzene rings is 1. The monoisotopic (exact) mass is 283 g/mol. The Balaban J connectivity index is 2.73. The number of nitro groups is 1. The minimum atomic E-state index is -0.531. The molecule has 0 unspecified atom stereocenters. The van der Waals surface area contributed by atoms with E-state index in [0.717, 1.165) is 12.8 Å². The normalized spacial score (nSPS) is 10.6. The highest BCUT2D eigenvalue weighted by molar-refractivity contribution is 6.31. The Morgan fingerprint density at radius 3 is 2.95 bits per heavy atom. The predicted octanol–water partition coefficient (Wildman–Crippen LogP) is 2.89. The van der Waals surface area contributed by atoms with Crippen LogP contribution in [0.2, 0.25) is 5.02 Å². The molecule has 0 atom stereocenters. The quantitative estimate of drug-likeness (QED) is 0.495. The standard InChI is InChI=1S/C12H14ClN3O3/c1-2-3-4-12(17)15-14-8-9-7-10(13)5-6-11(9)16(18)19/h5-8H,2-4H2,1H3,(H,15,17)/b14-8-. The maximum atomic E-state index is 11.3. The van der Waals surface area contributed by atoms with Crippen LogP contribution < -0.4 is 5.43 Å². The molecule has 0 aromatic heterocycles. The molecule has 0 fully saturated rings. The third-order valence-electron chi connectivity index (χ3n) is 2.34. The Morgan fingerprint density at radius 1 is 1.58 bits per heavy atom. The molecule has 0 bridgehead atoms. The van der Waals surface area contributed by atoms with E-state index in [1.165, 1.54) is 24.4 Å². The summed E-state index contributed by atoms with van der Waals surface area (Å²) in [6.07, 6.45) is 3.29.